The lowest BCUT2D eigenvalue weighted by Gasteiger charge is -2.31. The predicted molar refractivity (Wildman–Crippen MR) is 64.9 cm³/mol. The van der Waals surface area contributed by atoms with E-state index in [1.807, 2.05) is 0 Å². The molecule has 82 valence electrons. The zero-order valence-electron chi connectivity index (χ0n) is 9.58. The molecule has 0 bridgehead atoms. The predicted octanol–water partition coefficient (Wildman–Crippen LogP) is 2.86. The van der Waals surface area contributed by atoms with Crippen LogP contribution in [0.1, 0.15) is 25.3 Å². The molecule has 0 spiro atoms. The Kier molecular flexibility index (Phi) is 3.79. The van der Waals surface area contributed by atoms with E-state index < -0.39 is 0 Å². The molecule has 1 fully saturated rings. The molecule has 1 heterocycles. The third-order valence-corrected chi connectivity index (χ3v) is 3.63. The van der Waals surface area contributed by atoms with E-state index in [1.165, 1.54) is 37.9 Å². The van der Waals surface area contributed by atoms with Gasteiger partial charge in [-0.05, 0) is 43.3 Å². The summed E-state index contributed by atoms with van der Waals surface area (Å²) >= 11 is 0. The van der Waals surface area contributed by atoms with Gasteiger partial charge in [0.15, 0.2) is 0 Å². The fourth-order valence-electron chi connectivity index (χ4n) is 2.67. The minimum Gasteiger partial charge on any atom is -0.316 e. The third kappa shape index (κ3) is 2.82. The quantitative estimate of drug-likeness (QED) is 0.796. The standard InChI is InChI=1S/C14H21N/c1-2-13-8-9-15-11-14(13)10-12-6-4-3-5-7-12/h3-7,13-15H,2,8-11H2,1H3. The maximum Gasteiger partial charge on any atom is -0.00147 e. The van der Waals surface area contributed by atoms with Gasteiger partial charge in [0, 0.05) is 0 Å². The van der Waals surface area contributed by atoms with E-state index >= 15 is 0 Å². The number of piperidine rings is 1. The summed E-state index contributed by atoms with van der Waals surface area (Å²) in [7, 11) is 0. The molecule has 0 saturated carbocycles. The Morgan fingerprint density at radius 3 is 2.73 bits per heavy atom. The zero-order valence-corrected chi connectivity index (χ0v) is 9.58. The Bertz CT molecular complexity index is 281. The van der Waals surface area contributed by atoms with Crippen LogP contribution < -0.4 is 5.32 Å². The van der Waals surface area contributed by atoms with Crippen molar-refractivity contribution in [2.45, 2.75) is 26.2 Å². The highest BCUT2D eigenvalue weighted by Crippen LogP contribution is 2.25. The summed E-state index contributed by atoms with van der Waals surface area (Å²) in [6, 6.07) is 10.9. The van der Waals surface area contributed by atoms with Crippen molar-refractivity contribution in [3.8, 4) is 0 Å². The number of rotatable bonds is 3. The van der Waals surface area contributed by atoms with Crippen molar-refractivity contribution >= 4 is 0 Å². The van der Waals surface area contributed by atoms with Crippen LogP contribution in [-0.2, 0) is 6.42 Å². The van der Waals surface area contributed by atoms with E-state index in [4.69, 9.17) is 0 Å². The molecule has 0 aromatic heterocycles. The summed E-state index contributed by atoms with van der Waals surface area (Å²) in [6.07, 6.45) is 3.93. The maximum atomic E-state index is 3.52. The van der Waals surface area contributed by atoms with Gasteiger partial charge in [-0.25, -0.2) is 0 Å². The van der Waals surface area contributed by atoms with Crippen LogP contribution in [0.15, 0.2) is 30.3 Å². The summed E-state index contributed by atoms with van der Waals surface area (Å²) < 4.78 is 0. The number of nitrogens with one attached hydrogen (secondary N) is 1. The molecule has 1 aliphatic rings. The van der Waals surface area contributed by atoms with Crippen molar-refractivity contribution in [3.05, 3.63) is 35.9 Å². The second-order valence-corrected chi connectivity index (χ2v) is 4.61. The highest BCUT2D eigenvalue weighted by atomic mass is 14.9. The monoisotopic (exact) mass is 203 g/mol. The molecule has 2 rings (SSSR count). The molecule has 1 aliphatic heterocycles. The van der Waals surface area contributed by atoms with Crippen LogP contribution >= 0.6 is 0 Å². The Labute approximate surface area is 92.9 Å². The van der Waals surface area contributed by atoms with E-state index in [1.54, 1.807) is 0 Å². The molecule has 2 unspecified atom stereocenters. The van der Waals surface area contributed by atoms with Crippen molar-refractivity contribution < 1.29 is 0 Å². The van der Waals surface area contributed by atoms with Crippen LogP contribution in [0.25, 0.3) is 0 Å². The van der Waals surface area contributed by atoms with Gasteiger partial charge in [-0.3, -0.25) is 0 Å². The van der Waals surface area contributed by atoms with Crippen LogP contribution in [0.4, 0.5) is 0 Å². The number of hydrogen-bond donors (Lipinski definition) is 1. The van der Waals surface area contributed by atoms with Gasteiger partial charge in [-0.2, -0.15) is 0 Å². The summed E-state index contributed by atoms with van der Waals surface area (Å²) in [5.41, 5.74) is 1.49. The first-order valence-electron chi connectivity index (χ1n) is 6.14. The molecule has 1 aromatic carbocycles. The van der Waals surface area contributed by atoms with E-state index in [9.17, 15) is 0 Å². The Morgan fingerprint density at radius 1 is 1.20 bits per heavy atom. The van der Waals surface area contributed by atoms with Gasteiger partial charge >= 0.3 is 0 Å². The lowest BCUT2D eigenvalue weighted by Crippen LogP contribution is -2.37. The number of hydrogen-bond acceptors (Lipinski definition) is 1. The molecule has 1 aromatic rings. The average molecular weight is 203 g/mol. The van der Waals surface area contributed by atoms with Crippen LogP contribution in [0, 0.1) is 11.8 Å². The van der Waals surface area contributed by atoms with Gasteiger partial charge in [-0.15, -0.1) is 0 Å². The van der Waals surface area contributed by atoms with Crippen molar-refractivity contribution in [3.63, 3.8) is 0 Å². The molecule has 1 N–H and O–H groups in total. The first-order chi connectivity index (χ1) is 7.40. The molecule has 1 heteroatoms. The molecule has 0 amide bonds. The van der Waals surface area contributed by atoms with E-state index in [0.29, 0.717) is 0 Å². The topological polar surface area (TPSA) is 12.0 Å². The van der Waals surface area contributed by atoms with Gasteiger partial charge < -0.3 is 5.32 Å². The maximum absolute atomic E-state index is 3.52. The van der Waals surface area contributed by atoms with E-state index in [-0.39, 0.29) is 0 Å². The van der Waals surface area contributed by atoms with Gasteiger partial charge in [0.25, 0.3) is 0 Å². The molecule has 0 radical (unpaired) electrons. The zero-order chi connectivity index (χ0) is 10.5. The third-order valence-electron chi connectivity index (χ3n) is 3.63. The second kappa shape index (κ2) is 5.32. The molecular weight excluding hydrogens is 182 g/mol. The highest BCUT2D eigenvalue weighted by Gasteiger charge is 2.23. The van der Waals surface area contributed by atoms with E-state index in [2.05, 4.69) is 42.6 Å². The van der Waals surface area contributed by atoms with Crippen molar-refractivity contribution in [1.29, 1.82) is 0 Å². The molecule has 15 heavy (non-hydrogen) atoms. The van der Waals surface area contributed by atoms with Gasteiger partial charge in [0.2, 0.25) is 0 Å². The van der Waals surface area contributed by atoms with Crippen molar-refractivity contribution in [2.24, 2.45) is 11.8 Å². The minimum atomic E-state index is 0.839. The Balaban J connectivity index is 1.97. The molecule has 1 saturated heterocycles. The summed E-state index contributed by atoms with van der Waals surface area (Å²) in [6.45, 7) is 4.74. The summed E-state index contributed by atoms with van der Waals surface area (Å²) in [5, 5.41) is 3.52. The SMILES string of the molecule is CCC1CCNCC1Cc1ccccc1. The number of benzene rings is 1. The first-order valence-corrected chi connectivity index (χ1v) is 6.14. The van der Waals surface area contributed by atoms with Crippen LogP contribution in [0.5, 0.6) is 0 Å². The normalized spacial score (nSPS) is 26.5. The van der Waals surface area contributed by atoms with Crippen molar-refractivity contribution in [1.82, 2.24) is 5.32 Å². The molecule has 1 nitrogen and oxygen atoms in total. The van der Waals surface area contributed by atoms with Gasteiger partial charge in [-0.1, -0.05) is 43.7 Å². The van der Waals surface area contributed by atoms with Gasteiger partial charge in [0.1, 0.15) is 0 Å². The average Bonchev–Trinajstić information content (AvgIpc) is 2.31. The molecule has 2 atom stereocenters. The largest absolute Gasteiger partial charge is 0.316 e. The van der Waals surface area contributed by atoms with Crippen LogP contribution in [0.2, 0.25) is 0 Å². The van der Waals surface area contributed by atoms with Crippen LogP contribution in [-0.4, -0.2) is 13.1 Å². The minimum absolute atomic E-state index is 0.839. The van der Waals surface area contributed by atoms with Crippen molar-refractivity contribution in [2.75, 3.05) is 13.1 Å². The summed E-state index contributed by atoms with van der Waals surface area (Å²) in [4.78, 5) is 0. The van der Waals surface area contributed by atoms with E-state index in [0.717, 1.165) is 11.8 Å². The first kappa shape index (κ1) is 10.7. The fraction of sp³-hybridized carbons (Fsp3) is 0.571. The smallest absolute Gasteiger partial charge is 0.00147 e. The lowest BCUT2D eigenvalue weighted by molar-refractivity contribution is 0.246. The van der Waals surface area contributed by atoms with Crippen LogP contribution in [0.3, 0.4) is 0 Å². The summed E-state index contributed by atoms with van der Waals surface area (Å²) in [5.74, 6) is 1.76. The Morgan fingerprint density at radius 2 is 2.00 bits per heavy atom. The fourth-order valence-corrected chi connectivity index (χ4v) is 2.67. The molecular formula is C14H21N. The second-order valence-electron chi connectivity index (χ2n) is 4.61. The highest BCUT2D eigenvalue weighted by molar-refractivity contribution is 5.15. The van der Waals surface area contributed by atoms with Gasteiger partial charge in [0.05, 0.1) is 0 Å². The molecule has 0 aliphatic carbocycles. The Hall–Kier alpha value is -0.820. The lowest BCUT2D eigenvalue weighted by atomic mass is 9.81.